The zero-order valence-electron chi connectivity index (χ0n) is 20.8. The number of aromatic nitrogens is 5. The van der Waals surface area contributed by atoms with Crippen molar-refractivity contribution in [3.8, 4) is 33.8 Å². The molecule has 1 fully saturated rings. The maximum atomic E-state index is 13.5. The molecule has 6 aromatic rings. The summed E-state index contributed by atoms with van der Waals surface area (Å²) in [6.07, 6.45) is 9.26. The van der Waals surface area contributed by atoms with Gasteiger partial charge in [-0.05, 0) is 104 Å². The fourth-order valence-corrected chi connectivity index (χ4v) is 5.61. The van der Waals surface area contributed by atoms with E-state index in [2.05, 4.69) is 60.8 Å². The van der Waals surface area contributed by atoms with Gasteiger partial charge >= 0.3 is 0 Å². The van der Waals surface area contributed by atoms with Gasteiger partial charge in [-0.25, -0.2) is 4.39 Å². The predicted octanol–water partition coefficient (Wildman–Crippen LogP) is 6.52. The summed E-state index contributed by atoms with van der Waals surface area (Å²) in [6.45, 7) is 2.21. The topological polar surface area (TPSA) is 82.3 Å². The molecule has 7 rings (SSSR count). The molecular weight excluding hydrogens is 475 g/mol. The van der Waals surface area contributed by atoms with Gasteiger partial charge in [0.25, 0.3) is 0 Å². The second-order valence-corrected chi connectivity index (χ2v) is 10.1. The van der Waals surface area contributed by atoms with Gasteiger partial charge in [-0.1, -0.05) is 6.07 Å². The Kier molecular flexibility index (Phi) is 5.70. The average molecular weight is 503 g/mol. The van der Waals surface area contributed by atoms with Crippen LogP contribution < -0.4 is 5.32 Å². The van der Waals surface area contributed by atoms with Crippen molar-refractivity contribution in [3.05, 3.63) is 90.6 Å². The Labute approximate surface area is 219 Å². The summed E-state index contributed by atoms with van der Waals surface area (Å²) in [4.78, 5) is 12.7. The summed E-state index contributed by atoms with van der Waals surface area (Å²) < 4.78 is 13.5. The summed E-state index contributed by atoms with van der Waals surface area (Å²) >= 11 is 0. The van der Waals surface area contributed by atoms with Crippen molar-refractivity contribution >= 4 is 21.8 Å². The molecule has 5 heterocycles. The summed E-state index contributed by atoms with van der Waals surface area (Å²) in [5, 5.41) is 13.3. The van der Waals surface area contributed by atoms with Gasteiger partial charge in [0.2, 0.25) is 0 Å². The van der Waals surface area contributed by atoms with Crippen LogP contribution in [0.2, 0.25) is 0 Å². The first-order valence-electron chi connectivity index (χ1n) is 13.1. The summed E-state index contributed by atoms with van der Waals surface area (Å²) in [5.74, 6) is 0.404. The zero-order valence-corrected chi connectivity index (χ0v) is 20.8. The smallest absolute Gasteiger partial charge is 0.123 e. The Bertz CT molecular complexity index is 1740. The fraction of sp³-hybridized carbons (Fsp3) is 0.194. The molecule has 1 saturated heterocycles. The molecule has 1 aliphatic rings. The highest BCUT2D eigenvalue weighted by molar-refractivity contribution is 6.00. The molecule has 188 valence electrons. The highest BCUT2D eigenvalue weighted by Crippen LogP contribution is 2.34. The van der Waals surface area contributed by atoms with Gasteiger partial charge in [0.15, 0.2) is 0 Å². The van der Waals surface area contributed by atoms with E-state index in [0.717, 1.165) is 75.1 Å². The van der Waals surface area contributed by atoms with Gasteiger partial charge in [0.05, 0.1) is 16.9 Å². The lowest BCUT2D eigenvalue weighted by Gasteiger charge is -2.22. The Morgan fingerprint density at radius 2 is 1.71 bits per heavy atom. The van der Waals surface area contributed by atoms with Gasteiger partial charge in [-0.3, -0.25) is 15.1 Å². The second-order valence-electron chi connectivity index (χ2n) is 10.1. The van der Waals surface area contributed by atoms with E-state index >= 15 is 0 Å². The molecule has 38 heavy (non-hydrogen) atoms. The van der Waals surface area contributed by atoms with E-state index in [0.29, 0.717) is 5.92 Å². The minimum absolute atomic E-state index is 0.263. The number of piperidine rings is 1. The number of nitrogens with zero attached hydrogens (tertiary/aromatic N) is 3. The molecule has 6 nitrogen and oxygen atoms in total. The molecule has 2 aromatic carbocycles. The van der Waals surface area contributed by atoms with Crippen LogP contribution in [0.25, 0.3) is 55.6 Å². The number of aromatic amines is 2. The molecule has 3 N–H and O–H groups in total. The second kappa shape index (κ2) is 9.50. The molecule has 0 spiro atoms. The van der Waals surface area contributed by atoms with Crippen molar-refractivity contribution in [1.82, 2.24) is 30.5 Å². The lowest BCUT2D eigenvalue weighted by Crippen LogP contribution is -2.30. The fourth-order valence-electron chi connectivity index (χ4n) is 5.61. The number of pyridine rings is 2. The molecule has 1 aliphatic heterocycles. The first-order chi connectivity index (χ1) is 18.7. The van der Waals surface area contributed by atoms with Crippen molar-refractivity contribution < 1.29 is 4.39 Å². The standard InChI is InChI=1S/C31H27FN6/c32-24-6-3-21(4-7-24)30-26-15-29(36-27(26)9-11-35-30)31-25-14-22(5-8-28(25)37-38-31)23-13-20(17-34-18-23)12-19-2-1-10-33-16-19/h3-9,11,13-15,17-19,33,36H,1-2,10,12,16H2,(H,37,38). The quantitative estimate of drug-likeness (QED) is 0.251. The number of nitrogens with one attached hydrogen (secondary N) is 3. The summed E-state index contributed by atoms with van der Waals surface area (Å²) in [5.41, 5.74) is 8.85. The third kappa shape index (κ3) is 4.25. The normalized spacial score (nSPS) is 15.9. The average Bonchev–Trinajstić information content (AvgIpc) is 3.58. The van der Waals surface area contributed by atoms with Crippen LogP contribution in [0.3, 0.4) is 0 Å². The van der Waals surface area contributed by atoms with Crippen molar-refractivity contribution in [1.29, 1.82) is 0 Å². The number of fused-ring (bicyclic) bond motifs is 2. The van der Waals surface area contributed by atoms with E-state index < -0.39 is 0 Å². The van der Waals surface area contributed by atoms with E-state index in [1.807, 2.05) is 18.5 Å². The molecule has 0 radical (unpaired) electrons. The minimum atomic E-state index is -0.263. The summed E-state index contributed by atoms with van der Waals surface area (Å²) in [7, 11) is 0. The number of benzene rings is 2. The number of rotatable bonds is 5. The molecule has 7 heteroatoms. The van der Waals surface area contributed by atoms with Crippen LogP contribution in [0.4, 0.5) is 4.39 Å². The summed E-state index contributed by atoms with van der Waals surface area (Å²) in [6, 6.07) is 19.1. The van der Waals surface area contributed by atoms with Crippen LogP contribution in [-0.2, 0) is 6.42 Å². The van der Waals surface area contributed by atoms with Crippen molar-refractivity contribution in [3.63, 3.8) is 0 Å². The van der Waals surface area contributed by atoms with E-state index in [9.17, 15) is 4.39 Å². The largest absolute Gasteiger partial charge is 0.353 e. The van der Waals surface area contributed by atoms with Crippen LogP contribution in [0.5, 0.6) is 0 Å². The van der Waals surface area contributed by atoms with Gasteiger partial charge in [0.1, 0.15) is 11.5 Å². The molecule has 0 amide bonds. The SMILES string of the molecule is Fc1ccc(-c2nccc3[nH]c(-c4n[nH]c5ccc(-c6cncc(CC7CCCNC7)c6)cc45)cc23)cc1. The molecule has 1 atom stereocenters. The molecule has 0 saturated carbocycles. The van der Waals surface area contributed by atoms with Gasteiger partial charge < -0.3 is 10.3 Å². The monoisotopic (exact) mass is 502 g/mol. The third-order valence-electron chi connectivity index (χ3n) is 7.54. The predicted molar refractivity (Wildman–Crippen MR) is 149 cm³/mol. The zero-order chi connectivity index (χ0) is 25.5. The Morgan fingerprint density at radius 3 is 2.58 bits per heavy atom. The number of H-pyrrole nitrogens is 2. The van der Waals surface area contributed by atoms with Crippen molar-refractivity contribution in [2.75, 3.05) is 13.1 Å². The highest BCUT2D eigenvalue weighted by Gasteiger charge is 2.16. The van der Waals surface area contributed by atoms with Crippen LogP contribution in [0, 0.1) is 11.7 Å². The molecule has 0 aliphatic carbocycles. The Balaban J connectivity index is 1.25. The molecule has 1 unspecified atom stereocenters. The van der Waals surface area contributed by atoms with E-state index in [1.165, 1.54) is 30.5 Å². The lowest BCUT2D eigenvalue weighted by atomic mass is 9.92. The first kappa shape index (κ1) is 22.8. The van der Waals surface area contributed by atoms with Gasteiger partial charge in [-0.15, -0.1) is 0 Å². The molecule has 0 bridgehead atoms. The van der Waals surface area contributed by atoms with E-state index in [1.54, 1.807) is 18.3 Å². The highest BCUT2D eigenvalue weighted by atomic mass is 19.1. The van der Waals surface area contributed by atoms with Crippen molar-refractivity contribution in [2.45, 2.75) is 19.3 Å². The van der Waals surface area contributed by atoms with Crippen LogP contribution in [0.1, 0.15) is 18.4 Å². The Morgan fingerprint density at radius 1 is 0.842 bits per heavy atom. The maximum absolute atomic E-state index is 13.5. The van der Waals surface area contributed by atoms with Crippen molar-refractivity contribution in [2.24, 2.45) is 5.92 Å². The number of hydrogen-bond acceptors (Lipinski definition) is 4. The van der Waals surface area contributed by atoms with Crippen LogP contribution in [0.15, 0.2) is 79.3 Å². The molecule has 4 aromatic heterocycles. The molecular formula is C31H27FN6. The third-order valence-corrected chi connectivity index (χ3v) is 7.54. The van der Waals surface area contributed by atoms with E-state index in [4.69, 9.17) is 0 Å². The number of halogens is 1. The van der Waals surface area contributed by atoms with E-state index in [-0.39, 0.29) is 5.82 Å². The van der Waals surface area contributed by atoms with Gasteiger partial charge in [0, 0.05) is 46.0 Å². The number of hydrogen-bond donors (Lipinski definition) is 3. The van der Waals surface area contributed by atoms with Crippen LogP contribution in [-0.4, -0.2) is 38.2 Å². The first-order valence-corrected chi connectivity index (χ1v) is 13.1. The lowest BCUT2D eigenvalue weighted by molar-refractivity contribution is 0.376. The minimum Gasteiger partial charge on any atom is -0.353 e. The van der Waals surface area contributed by atoms with Gasteiger partial charge in [-0.2, -0.15) is 5.10 Å². The maximum Gasteiger partial charge on any atom is 0.123 e. The Hall–Kier alpha value is -4.36. The van der Waals surface area contributed by atoms with Crippen LogP contribution >= 0.6 is 0 Å².